The van der Waals surface area contributed by atoms with Gasteiger partial charge in [-0.05, 0) is 45.2 Å². The Morgan fingerprint density at radius 3 is 2.81 bits per heavy atom. The normalized spacial score (nSPS) is 13.3. The number of H-pyrrole nitrogens is 1. The Labute approximate surface area is 125 Å². The van der Waals surface area contributed by atoms with Crippen molar-refractivity contribution in [1.29, 1.82) is 0 Å². The summed E-state index contributed by atoms with van der Waals surface area (Å²) in [6.07, 6.45) is 3.57. The first kappa shape index (κ1) is 15.6. The Kier molecular flexibility index (Phi) is 4.68. The zero-order chi connectivity index (χ0) is 15.5. The topological polar surface area (TPSA) is 65.1 Å². The van der Waals surface area contributed by atoms with Gasteiger partial charge in [0, 0.05) is 23.5 Å². The van der Waals surface area contributed by atoms with Crippen LogP contribution in [0.1, 0.15) is 39.2 Å². The molecule has 2 aromatic rings. The molecule has 0 radical (unpaired) electrons. The first-order chi connectivity index (χ1) is 9.90. The number of aliphatic hydroxyl groups is 1. The van der Waals surface area contributed by atoms with Gasteiger partial charge in [-0.3, -0.25) is 4.79 Å². The van der Waals surface area contributed by atoms with Gasteiger partial charge in [0.25, 0.3) is 0 Å². The molecule has 0 saturated carbocycles. The van der Waals surface area contributed by atoms with Gasteiger partial charge < -0.3 is 15.4 Å². The molecule has 0 aliphatic rings. The van der Waals surface area contributed by atoms with E-state index in [2.05, 4.69) is 22.4 Å². The fourth-order valence-electron chi connectivity index (χ4n) is 2.30. The highest BCUT2D eigenvalue weighted by molar-refractivity contribution is 5.83. The lowest BCUT2D eigenvalue weighted by molar-refractivity contribution is -0.124. The van der Waals surface area contributed by atoms with Gasteiger partial charge in [0.05, 0.1) is 11.6 Å². The standard InChI is InChI=1S/C17H24N2O2/c1-12(20)17(2,3)19-16(21)10-6-7-13-11-18-15-9-5-4-8-14(13)15/h4-5,8-9,11-12,18,20H,6-7,10H2,1-3H3,(H,19,21). The fraction of sp³-hybridized carbons (Fsp3) is 0.471. The summed E-state index contributed by atoms with van der Waals surface area (Å²) in [6, 6.07) is 8.18. The smallest absolute Gasteiger partial charge is 0.220 e. The van der Waals surface area contributed by atoms with Crippen LogP contribution in [0.3, 0.4) is 0 Å². The Balaban J connectivity index is 1.86. The molecule has 0 spiro atoms. The number of para-hydroxylation sites is 1. The van der Waals surface area contributed by atoms with Crippen molar-refractivity contribution in [3.63, 3.8) is 0 Å². The number of aryl methyl sites for hydroxylation is 1. The highest BCUT2D eigenvalue weighted by atomic mass is 16.3. The van der Waals surface area contributed by atoms with Crippen LogP contribution >= 0.6 is 0 Å². The molecule has 114 valence electrons. The second kappa shape index (κ2) is 6.31. The van der Waals surface area contributed by atoms with Gasteiger partial charge >= 0.3 is 0 Å². The van der Waals surface area contributed by atoms with E-state index >= 15 is 0 Å². The number of carbonyl (C=O) groups excluding carboxylic acids is 1. The number of fused-ring (bicyclic) bond motifs is 1. The molecule has 0 aliphatic carbocycles. The third kappa shape index (κ3) is 3.85. The van der Waals surface area contributed by atoms with Crippen LogP contribution in [0.25, 0.3) is 10.9 Å². The second-order valence-corrected chi connectivity index (χ2v) is 6.16. The number of benzene rings is 1. The van der Waals surface area contributed by atoms with E-state index in [-0.39, 0.29) is 5.91 Å². The first-order valence-corrected chi connectivity index (χ1v) is 7.44. The lowest BCUT2D eigenvalue weighted by Gasteiger charge is -2.29. The molecule has 1 heterocycles. The summed E-state index contributed by atoms with van der Waals surface area (Å²) in [6.45, 7) is 5.34. The Morgan fingerprint density at radius 2 is 2.10 bits per heavy atom. The summed E-state index contributed by atoms with van der Waals surface area (Å²) in [5, 5.41) is 13.7. The van der Waals surface area contributed by atoms with E-state index in [9.17, 15) is 9.90 Å². The molecule has 1 aromatic heterocycles. The molecule has 21 heavy (non-hydrogen) atoms. The summed E-state index contributed by atoms with van der Waals surface area (Å²) in [7, 11) is 0. The van der Waals surface area contributed by atoms with Crippen molar-refractivity contribution in [2.45, 2.75) is 51.7 Å². The lowest BCUT2D eigenvalue weighted by atomic mass is 9.98. The number of nitrogens with one attached hydrogen (secondary N) is 2. The Hall–Kier alpha value is -1.81. The second-order valence-electron chi connectivity index (χ2n) is 6.16. The molecule has 2 rings (SSSR count). The van der Waals surface area contributed by atoms with Crippen LogP contribution in [0.4, 0.5) is 0 Å². The number of hydrogen-bond acceptors (Lipinski definition) is 2. The SMILES string of the molecule is CC(O)C(C)(C)NC(=O)CCCc1c[nH]c2ccccc12. The third-order valence-corrected chi connectivity index (χ3v) is 4.03. The van der Waals surface area contributed by atoms with Gasteiger partial charge in [-0.15, -0.1) is 0 Å². The average molecular weight is 288 g/mol. The molecule has 1 unspecified atom stereocenters. The zero-order valence-corrected chi connectivity index (χ0v) is 12.9. The van der Waals surface area contributed by atoms with E-state index in [0.717, 1.165) is 18.4 Å². The quantitative estimate of drug-likeness (QED) is 0.765. The molecule has 1 amide bonds. The van der Waals surface area contributed by atoms with Crippen molar-refractivity contribution in [3.05, 3.63) is 36.0 Å². The Morgan fingerprint density at radius 1 is 1.38 bits per heavy atom. The monoisotopic (exact) mass is 288 g/mol. The van der Waals surface area contributed by atoms with Crippen molar-refractivity contribution in [3.8, 4) is 0 Å². The minimum atomic E-state index is -0.585. The summed E-state index contributed by atoms with van der Waals surface area (Å²) >= 11 is 0. The molecule has 1 atom stereocenters. The number of rotatable bonds is 6. The molecule has 0 aliphatic heterocycles. The van der Waals surface area contributed by atoms with E-state index in [4.69, 9.17) is 0 Å². The summed E-state index contributed by atoms with van der Waals surface area (Å²) in [4.78, 5) is 15.2. The Bertz CT molecular complexity index is 614. The van der Waals surface area contributed by atoms with Gasteiger partial charge in [-0.1, -0.05) is 18.2 Å². The van der Waals surface area contributed by atoms with Gasteiger partial charge in [0.2, 0.25) is 5.91 Å². The first-order valence-electron chi connectivity index (χ1n) is 7.44. The summed E-state index contributed by atoms with van der Waals surface area (Å²) < 4.78 is 0. The molecule has 4 nitrogen and oxygen atoms in total. The van der Waals surface area contributed by atoms with E-state index in [1.165, 1.54) is 10.9 Å². The maximum absolute atomic E-state index is 11.9. The molecule has 1 aromatic carbocycles. The molecule has 3 N–H and O–H groups in total. The number of aromatic amines is 1. The molecule has 0 bridgehead atoms. The van der Waals surface area contributed by atoms with Crippen LogP contribution in [-0.2, 0) is 11.2 Å². The van der Waals surface area contributed by atoms with Crippen LogP contribution in [0.2, 0.25) is 0 Å². The summed E-state index contributed by atoms with van der Waals surface area (Å²) in [5.41, 5.74) is 1.79. The molecule has 0 saturated heterocycles. The maximum Gasteiger partial charge on any atom is 0.220 e. The van der Waals surface area contributed by atoms with Crippen molar-refractivity contribution >= 4 is 16.8 Å². The minimum Gasteiger partial charge on any atom is -0.391 e. The van der Waals surface area contributed by atoms with Crippen LogP contribution in [-0.4, -0.2) is 27.6 Å². The molecular weight excluding hydrogens is 264 g/mol. The van der Waals surface area contributed by atoms with Gasteiger partial charge in [-0.2, -0.15) is 0 Å². The number of carbonyl (C=O) groups is 1. The van der Waals surface area contributed by atoms with Gasteiger partial charge in [0.15, 0.2) is 0 Å². The van der Waals surface area contributed by atoms with Gasteiger partial charge in [0.1, 0.15) is 0 Å². The predicted molar refractivity (Wildman–Crippen MR) is 85.1 cm³/mol. The van der Waals surface area contributed by atoms with Crippen molar-refractivity contribution in [1.82, 2.24) is 10.3 Å². The van der Waals surface area contributed by atoms with Crippen LogP contribution in [0.15, 0.2) is 30.5 Å². The molecule has 4 heteroatoms. The van der Waals surface area contributed by atoms with E-state index < -0.39 is 11.6 Å². The van der Waals surface area contributed by atoms with Crippen LogP contribution < -0.4 is 5.32 Å². The lowest BCUT2D eigenvalue weighted by Crippen LogP contribution is -2.50. The third-order valence-electron chi connectivity index (χ3n) is 4.03. The van der Waals surface area contributed by atoms with E-state index in [1.807, 2.05) is 32.2 Å². The van der Waals surface area contributed by atoms with Crippen LogP contribution in [0.5, 0.6) is 0 Å². The largest absolute Gasteiger partial charge is 0.391 e. The van der Waals surface area contributed by atoms with E-state index in [1.54, 1.807) is 6.92 Å². The molecule has 0 fully saturated rings. The highest BCUT2D eigenvalue weighted by Gasteiger charge is 2.25. The predicted octanol–water partition coefficient (Wildman–Crippen LogP) is 2.77. The van der Waals surface area contributed by atoms with Crippen molar-refractivity contribution < 1.29 is 9.90 Å². The molecular formula is C17H24N2O2. The highest BCUT2D eigenvalue weighted by Crippen LogP contribution is 2.19. The van der Waals surface area contributed by atoms with Crippen LogP contribution in [0, 0.1) is 0 Å². The number of aromatic nitrogens is 1. The fourth-order valence-corrected chi connectivity index (χ4v) is 2.30. The van der Waals surface area contributed by atoms with Crippen molar-refractivity contribution in [2.75, 3.05) is 0 Å². The zero-order valence-electron chi connectivity index (χ0n) is 12.9. The maximum atomic E-state index is 11.9. The van der Waals surface area contributed by atoms with E-state index in [0.29, 0.717) is 6.42 Å². The average Bonchev–Trinajstić information content (AvgIpc) is 2.81. The number of aliphatic hydroxyl groups excluding tert-OH is 1. The van der Waals surface area contributed by atoms with Gasteiger partial charge in [-0.25, -0.2) is 0 Å². The minimum absolute atomic E-state index is 0.0132. The van der Waals surface area contributed by atoms with Crippen molar-refractivity contribution in [2.24, 2.45) is 0 Å². The number of amides is 1. The number of hydrogen-bond donors (Lipinski definition) is 3. The summed E-state index contributed by atoms with van der Waals surface area (Å²) in [5.74, 6) is -0.0132.